The van der Waals surface area contributed by atoms with Gasteiger partial charge in [0.1, 0.15) is 15.7 Å². The lowest BCUT2D eigenvalue weighted by Gasteiger charge is -2.22. The Hall–Kier alpha value is -1.70. The summed E-state index contributed by atoms with van der Waals surface area (Å²) in [6, 6.07) is 2.91. The van der Waals surface area contributed by atoms with Gasteiger partial charge in [-0.1, -0.05) is 0 Å². The summed E-state index contributed by atoms with van der Waals surface area (Å²) in [5.74, 6) is 0.391. The summed E-state index contributed by atoms with van der Waals surface area (Å²) in [6.07, 6.45) is 2.34. The number of sulfone groups is 1. The number of hydrogen-bond donors (Lipinski definition) is 1. The molecule has 1 aliphatic rings. The molecule has 0 spiro atoms. The Morgan fingerprint density at radius 1 is 1.32 bits per heavy atom. The Morgan fingerprint density at radius 2 is 2.05 bits per heavy atom. The number of nitrogens with zero attached hydrogens (tertiary/aromatic N) is 3. The molecule has 0 unspecified atom stereocenters. The topological polar surface area (TPSA) is 76.4 Å². The predicted molar refractivity (Wildman–Crippen MR) is 68.2 cm³/mol. The number of fused-ring (bicyclic) bond motifs is 1. The van der Waals surface area contributed by atoms with Crippen molar-refractivity contribution in [3.63, 3.8) is 0 Å². The molecule has 0 saturated carbocycles. The first kappa shape index (κ1) is 12.3. The molecule has 1 fully saturated rings. The molecule has 1 aliphatic heterocycles. The molecule has 0 amide bonds. The van der Waals surface area contributed by atoms with Crippen molar-refractivity contribution in [2.45, 2.75) is 18.9 Å². The highest BCUT2D eigenvalue weighted by molar-refractivity contribution is 7.91. The van der Waals surface area contributed by atoms with E-state index < -0.39 is 9.84 Å². The summed E-state index contributed by atoms with van der Waals surface area (Å²) in [5.41, 5.74) is 0.548. The van der Waals surface area contributed by atoms with E-state index in [1.807, 2.05) is 0 Å². The summed E-state index contributed by atoms with van der Waals surface area (Å²) in [6.45, 7) is 0. The van der Waals surface area contributed by atoms with Crippen molar-refractivity contribution in [1.82, 2.24) is 14.6 Å². The zero-order valence-corrected chi connectivity index (χ0v) is 10.9. The third kappa shape index (κ3) is 2.67. The lowest BCUT2D eigenvalue weighted by Crippen LogP contribution is -2.32. The number of pyridine rings is 1. The third-order valence-corrected chi connectivity index (χ3v) is 4.90. The van der Waals surface area contributed by atoms with Crippen LogP contribution in [0.25, 0.3) is 5.65 Å². The largest absolute Gasteiger partial charge is 0.350 e. The van der Waals surface area contributed by atoms with Gasteiger partial charge < -0.3 is 5.32 Å². The minimum Gasteiger partial charge on any atom is -0.350 e. The van der Waals surface area contributed by atoms with E-state index in [0.717, 1.165) is 0 Å². The number of aromatic nitrogens is 3. The van der Waals surface area contributed by atoms with Gasteiger partial charge in [0.2, 0.25) is 5.95 Å². The van der Waals surface area contributed by atoms with E-state index in [4.69, 9.17) is 0 Å². The molecule has 2 aromatic rings. The molecule has 0 radical (unpaired) electrons. The van der Waals surface area contributed by atoms with E-state index in [2.05, 4.69) is 15.4 Å². The number of rotatable bonds is 2. The minimum absolute atomic E-state index is 0.0470. The van der Waals surface area contributed by atoms with Gasteiger partial charge in [-0.15, -0.1) is 5.10 Å². The maximum atomic E-state index is 13.0. The zero-order valence-electron chi connectivity index (χ0n) is 10.1. The third-order valence-electron chi connectivity index (χ3n) is 3.18. The van der Waals surface area contributed by atoms with E-state index in [1.54, 1.807) is 6.07 Å². The van der Waals surface area contributed by atoms with Crippen LogP contribution in [-0.4, -0.2) is 40.6 Å². The first-order valence-corrected chi connectivity index (χ1v) is 7.83. The molecule has 3 heterocycles. The maximum Gasteiger partial charge on any atom is 0.243 e. The molecule has 1 saturated heterocycles. The van der Waals surface area contributed by atoms with Crippen LogP contribution in [0.5, 0.6) is 0 Å². The Kier molecular flexibility index (Phi) is 2.89. The minimum atomic E-state index is -2.87. The van der Waals surface area contributed by atoms with Crippen LogP contribution < -0.4 is 5.32 Å². The Labute approximate surface area is 109 Å². The van der Waals surface area contributed by atoms with E-state index in [1.165, 1.54) is 16.8 Å². The second kappa shape index (κ2) is 4.44. The van der Waals surface area contributed by atoms with Crippen LogP contribution in [-0.2, 0) is 9.84 Å². The highest BCUT2D eigenvalue weighted by Gasteiger charge is 2.24. The summed E-state index contributed by atoms with van der Waals surface area (Å²) >= 11 is 0. The summed E-state index contributed by atoms with van der Waals surface area (Å²) in [7, 11) is -2.87. The standard InChI is InChI=1S/C11H13FN4O2S/c12-8-1-2-10-14-11(15-16(10)7-8)13-9-3-5-19(17,18)6-4-9/h1-2,7,9H,3-6H2,(H,13,15). The zero-order chi connectivity index (χ0) is 13.5. The highest BCUT2D eigenvalue weighted by Crippen LogP contribution is 2.16. The van der Waals surface area contributed by atoms with Crippen LogP contribution in [0.2, 0.25) is 0 Å². The average Bonchev–Trinajstić information content (AvgIpc) is 2.73. The molecule has 6 nitrogen and oxygen atoms in total. The molecule has 3 rings (SSSR count). The molecule has 2 aromatic heterocycles. The lowest BCUT2D eigenvalue weighted by atomic mass is 10.2. The van der Waals surface area contributed by atoms with Crippen molar-refractivity contribution >= 4 is 21.4 Å². The van der Waals surface area contributed by atoms with Crippen molar-refractivity contribution in [3.05, 3.63) is 24.1 Å². The van der Waals surface area contributed by atoms with Gasteiger partial charge in [0.05, 0.1) is 17.7 Å². The molecular weight excluding hydrogens is 271 g/mol. The average molecular weight is 284 g/mol. The fraction of sp³-hybridized carbons (Fsp3) is 0.455. The monoisotopic (exact) mass is 284 g/mol. The van der Waals surface area contributed by atoms with Crippen molar-refractivity contribution in [2.75, 3.05) is 16.8 Å². The predicted octanol–water partition coefficient (Wildman–Crippen LogP) is 0.857. The summed E-state index contributed by atoms with van der Waals surface area (Å²) in [4.78, 5) is 4.21. The second-order valence-electron chi connectivity index (χ2n) is 4.66. The van der Waals surface area contributed by atoms with Gasteiger partial charge in [-0.25, -0.2) is 17.3 Å². The molecule has 0 aliphatic carbocycles. The van der Waals surface area contributed by atoms with Crippen LogP contribution >= 0.6 is 0 Å². The fourth-order valence-electron chi connectivity index (χ4n) is 2.14. The van der Waals surface area contributed by atoms with E-state index in [9.17, 15) is 12.8 Å². The van der Waals surface area contributed by atoms with Crippen molar-refractivity contribution in [1.29, 1.82) is 0 Å². The summed E-state index contributed by atoms with van der Waals surface area (Å²) < 4.78 is 37.0. The molecule has 0 atom stereocenters. The smallest absolute Gasteiger partial charge is 0.243 e. The van der Waals surface area contributed by atoms with E-state index in [0.29, 0.717) is 24.4 Å². The van der Waals surface area contributed by atoms with Crippen LogP contribution in [0, 0.1) is 5.82 Å². The van der Waals surface area contributed by atoms with Crippen LogP contribution in [0.3, 0.4) is 0 Å². The molecule has 8 heteroatoms. The van der Waals surface area contributed by atoms with Crippen LogP contribution in [0.1, 0.15) is 12.8 Å². The first-order chi connectivity index (χ1) is 9.02. The highest BCUT2D eigenvalue weighted by atomic mass is 32.2. The van der Waals surface area contributed by atoms with Gasteiger partial charge in [0.25, 0.3) is 0 Å². The maximum absolute atomic E-state index is 13.0. The van der Waals surface area contributed by atoms with Gasteiger partial charge in [-0.3, -0.25) is 0 Å². The van der Waals surface area contributed by atoms with Gasteiger partial charge in [0, 0.05) is 6.04 Å². The van der Waals surface area contributed by atoms with Crippen molar-refractivity contribution < 1.29 is 12.8 Å². The molecule has 19 heavy (non-hydrogen) atoms. The number of anilines is 1. The Balaban J connectivity index is 1.75. The molecule has 0 aromatic carbocycles. The van der Waals surface area contributed by atoms with Gasteiger partial charge in [-0.05, 0) is 25.0 Å². The van der Waals surface area contributed by atoms with Gasteiger partial charge in [0.15, 0.2) is 5.65 Å². The van der Waals surface area contributed by atoms with Crippen molar-refractivity contribution in [3.8, 4) is 0 Å². The first-order valence-electron chi connectivity index (χ1n) is 6.01. The number of nitrogens with one attached hydrogen (secondary N) is 1. The molecule has 102 valence electrons. The normalized spacial score (nSPS) is 19.6. The van der Waals surface area contributed by atoms with Crippen LogP contribution in [0.15, 0.2) is 18.3 Å². The molecular formula is C11H13FN4O2S. The second-order valence-corrected chi connectivity index (χ2v) is 6.96. The van der Waals surface area contributed by atoms with Gasteiger partial charge >= 0.3 is 0 Å². The van der Waals surface area contributed by atoms with Crippen molar-refractivity contribution in [2.24, 2.45) is 0 Å². The van der Waals surface area contributed by atoms with E-state index >= 15 is 0 Å². The SMILES string of the molecule is O=S1(=O)CCC(Nc2nc3ccc(F)cn3n2)CC1. The number of halogens is 1. The summed E-state index contributed by atoms with van der Waals surface area (Å²) in [5, 5.41) is 7.21. The fourth-order valence-corrected chi connectivity index (χ4v) is 3.63. The molecule has 1 N–H and O–H groups in total. The quantitative estimate of drug-likeness (QED) is 0.885. The number of hydrogen-bond acceptors (Lipinski definition) is 5. The lowest BCUT2D eigenvalue weighted by molar-refractivity contribution is 0.558. The Bertz CT molecular complexity index is 699. The molecule has 0 bridgehead atoms. The Morgan fingerprint density at radius 3 is 2.79 bits per heavy atom. The van der Waals surface area contributed by atoms with Gasteiger partial charge in [-0.2, -0.15) is 4.98 Å². The van der Waals surface area contributed by atoms with E-state index in [-0.39, 0.29) is 23.4 Å². The van der Waals surface area contributed by atoms with Crippen LogP contribution in [0.4, 0.5) is 10.3 Å².